The van der Waals surface area contributed by atoms with Gasteiger partial charge in [-0.15, -0.1) is 0 Å². The van der Waals surface area contributed by atoms with Gasteiger partial charge >= 0.3 is 39.5 Å². The predicted octanol–water partition coefficient (Wildman–Crippen LogP) is 20.4. The van der Waals surface area contributed by atoms with Crippen molar-refractivity contribution in [1.82, 2.24) is 0 Å². The summed E-state index contributed by atoms with van der Waals surface area (Å²) in [5, 5.41) is 10.6. The monoisotopic (exact) mass is 1360 g/mol. The number of allylic oxidation sites excluding steroid dienone is 15. The van der Waals surface area contributed by atoms with Crippen LogP contribution in [-0.4, -0.2) is 96.7 Å². The highest BCUT2D eigenvalue weighted by molar-refractivity contribution is 7.47. The van der Waals surface area contributed by atoms with Crippen LogP contribution in [0.1, 0.15) is 297 Å². The third kappa shape index (κ3) is 66.6. The van der Waals surface area contributed by atoms with Crippen molar-refractivity contribution in [2.75, 3.05) is 39.6 Å². The number of esters is 4. The Labute approximate surface area is 569 Å². The average molecular weight is 1370 g/mol. The van der Waals surface area contributed by atoms with Gasteiger partial charge in [0, 0.05) is 19.3 Å². The van der Waals surface area contributed by atoms with E-state index in [1.807, 2.05) is 18.2 Å². The van der Waals surface area contributed by atoms with Gasteiger partial charge in [0.15, 0.2) is 12.2 Å². The fourth-order valence-electron chi connectivity index (χ4n) is 9.50. The molecule has 0 fully saturated rings. The van der Waals surface area contributed by atoms with Crippen LogP contribution in [0.3, 0.4) is 0 Å². The molecule has 0 aliphatic rings. The van der Waals surface area contributed by atoms with Gasteiger partial charge in [0.05, 0.1) is 32.8 Å². The molecule has 0 radical (unpaired) electrons. The molecule has 0 saturated carbocycles. The van der Waals surface area contributed by atoms with E-state index < -0.39 is 97.5 Å². The molecule has 19 heteroatoms. The molecule has 0 aromatic heterocycles. The van der Waals surface area contributed by atoms with Crippen molar-refractivity contribution in [3.8, 4) is 0 Å². The second kappa shape index (κ2) is 67.5. The minimum Gasteiger partial charge on any atom is -0.462 e. The van der Waals surface area contributed by atoms with E-state index in [0.29, 0.717) is 25.7 Å². The fourth-order valence-corrected chi connectivity index (χ4v) is 11.1. The number of aliphatic hydroxyl groups excluding tert-OH is 1. The maximum Gasteiger partial charge on any atom is 0.472 e. The van der Waals surface area contributed by atoms with Crippen LogP contribution in [0.5, 0.6) is 0 Å². The molecule has 0 aromatic carbocycles. The van der Waals surface area contributed by atoms with Gasteiger partial charge < -0.3 is 33.8 Å². The Morgan fingerprint density at radius 3 is 1.01 bits per heavy atom. The summed E-state index contributed by atoms with van der Waals surface area (Å²) < 4.78 is 68.2. The van der Waals surface area contributed by atoms with Crippen molar-refractivity contribution in [2.45, 2.75) is 316 Å². The number of hydrogen-bond donors (Lipinski definition) is 3. The van der Waals surface area contributed by atoms with Crippen molar-refractivity contribution < 1.29 is 80.2 Å². The summed E-state index contributed by atoms with van der Waals surface area (Å²) in [7, 11) is -9.96. The Bertz CT molecular complexity index is 2170. The Morgan fingerprint density at radius 2 is 0.617 bits per heavy atom. The molecule has 0 saturated heterocycles. The summed E-state index contributed by atoms with van der Waals surface area (Å²) in [4.78, 5) is 72.6. The maximum atomic E-state index is 13.0. The first kappa shape index (κ1) is 90.0. The van der Waals surface area contributed by atoms with Crippen LogP contribution < -0.4 is 0 Å². The lowest BCUT2D eigenvalue weighted by atomic mass is 10.0. The van der Waals surface area contributed by atoms with Crippen LogP contribution in [-0.2, 0) is 65.4 Å². The summed E-state index contributed by atoms with van der Waals surface area (Å²) in [6.07, 6.45) is 68.7. The fraction of sp³-hybridized carbons (Fsp3) is 0.733. The first-order chi connectivity index (χ1) is 45.7. The van der Waals surface area contributed by atoms with E-state index in [2.05, 4.69) is 101 Å². The quantitative estimate of drug-likeness (QED) is 0.0169. The zero-order valence-corrected chi connectivity index (χ0v) is 60.7. The first-order valence-electron chi connectivity index (χ1n) is 36.5. The molecule has 0 rings (SSSR count). The van der Waals surface area contributed by atoms with Crippen molar-refractivity contribution in [3.63, 3.8) is 0 Å². The van der Waals surface area contributed by atoms with Gasteiger partial charge in [0.1, 0.15) is 19.3 Å². The summed E-state index contributed by atoms with van der Waals surface area (Å²) in [6.45, 7) is 4.54. The molecule has 0 bridgehead atoms. The minimum absolute atomic E-state index is 0.0655. The normalized spacial score (nSPS) is 14.6. The highest BCUT2D eigenvalue weighted by Gasteiger charge is 2.30. The number of ether oxygens (including phenoxy) is 4. The first-order valence-corrected chi connectivity index (χ1v) is 39.5. The number of unbranched alkanes of at least 4 members (excludes halogenated alkanes) is 27. The van der Waals surface area contributed by atoms with Gasteiger partial charge in [-0.3, -0.25) is 37.3 Å². The van der Waals surface area contributed by atoms with Gasteiger partial charge in [-0.1, -0.05) is 266 Å². The lowest BCUT2D eigenvalue weighted by Crippen LogP contribution is -2.30. The Hall–Kier alpha value is -4.02. The molecule has 0 aliphatic heterocycles. The number of hydrogen-bond acceptors (Lipinski definition) is 15. The van der Waals surface area contributed by atoms with Crippen LogP contribution >= 0.6 is 15.6 Å². The van der Waals surface area contributed by atoms with E-state index in [1.54, 1.807) is 6.08 Å². The van der Waals surface area contributed by atoms with Crippen LogP contribution in [0.25, 0.3) is 0 Å². The summed E-state index contributed by atoms with van der Waals surface area (Å²) >= 11 is 0. The third-order valence-electron chi connectivity index (χ3n) is 15.0. The van der Waals surface area contributed by atoms with Gasteiger partial charge in [-0.05, 0) is 103 Å². The Kier molecular flexibility index (Phi) is 64.7. The topological polar surface area (TPSA) is 237 Å². The van der Waals surface area contributed by atoms with Crippen molar-refractivity contribution >= 4 is 39.5 Å². The molecule has 0 spiro atoms. The molecule has 0 heterocycles. The lowest BCUT2D eigenvalue weighted by molar-refractivity contribution is -0.161. The highest BCUT2D eigenvalue weighted by atomic mass is 31.2. The highest BCUT2D eigenvalue weighted by Crippen LogP contribution is 2.45. The van der Waals surface area contributed by atoms with E-state index in [4.69, 9.17) is 37.0 Å². The van der Waals surface area contributed by atoms with Gasteiger partial charge in [-0.2, -0.15) is 0 Å². The van der Waals surface area contributed by atoms with E-state index >= 15 is 0 Å². The SMILES string of the molecule is CC/C=C\C/C=C\C/C=C\C/C=C\C/C=C\CC(=O)OCC(COP(=O)(O)OCC(O)COP(=O)(O)OCC(COC(=O)CCCCCCC/C=C\C/C=C\CCC)OC(=O)CCCCCCCCCCCCCCC)OC(=O)CCCCCCC/C=C\CCCCCC. The molecular weight excluding hydrogens is 1230 g/mol. The zero-order valence-electron chi connectivity index (χ0n) is 58.9. The molecule has 3 N–H and O–H groups in total. The molecular formula is C75H130O17P2. The second-order valence-electron chi connectivity index (χ2n) is 24.2. The molecule has 94 heavy (non-hydrogen) atoms. The number of aliphatic hydroxyl groups is 1. The van der Waals surface area contributed by atoms with Crippen LogP contribution in [0.2, 0.25) is 0 Å². The molecule has 0 aromatic rings. The number of phosphoric ester groups is 2. The molecule has 5 unspecified atom stereocenters. The van der Waals surface area contributed by atoms with E-state index in [-0.39, 0.29) is 25.7 Å². The van der Waals surface area contributed by atoms with Crippen molar-refractivity contribution in [3.05, 3.63) is 97.2 Å². The lowest BCUT2D eigenvalue weighted by Gasteiger charge is -2.21. The summed E-state index contributed by atoms with van der Waals surface area (Å²) in [6, 6.07) is 0. The number of phosphoric acid groups is 2. The minimum atomic E-state index is -4.99. The van der Waals surface area contributed by atoms with E-state index in [0.717, 1.165) is 141 Å². The molecule has 0 amide bonds. The Morgan fingerprint density at radius 1 is 0.319 bits per heavy atom. The molecule has 17 nitrogen and oxygen atoms in total. The van der Waals surface area contributed by atoms with Crippen molar-refractivity contribution in [1.29, 1.82) is 0 Å². The number of rotatable bonds is 68. The molecule has 5 atom stereocenters. The standard InChI is InChI=1S/C75H130O17P2/c1-5-9-13-17-21-25-29-33-34-38-40-44-48-52-56-60-73(78)86-66-71(92-75(80)62-58-54-50-46-42-37-32-28-24-20-16-12-8-4)68-90-94(83,84)88-64-69(76)63-87-93(81,82)89-67-70(91-74(79)61-57-53-49-45-41-36-31-27-23-19-15-11-7-3)65-85-72(77)59-55-51-47-43-39-35-30-26-22-18-14-10-6-2/h9,13-14,18,21,25-26,28,30,32-34,40,44,52,56,69-71,76H,5-8,10-12,15-17,19-20,22-24,27,29,31,35-39,41-43,45-51,53-55,57-68H2,1-4H3,(H,81,82)(H,83,84)/b13-9-,18-14-,25-21-,30-26-,32-28-,34-33-,44-40-,56-52-. The zero-order chi connectivity index (χ0) is 69.0. The van der Waals surface area contributed by atoms with Crippen molar-refractivity contribution in [2.24, 2.45) is 0 Å². The second-order valence-corrected chi connectivity index (χ2v) is 27.1. The van der Waals surface area contributed by atoms with Gasteiger partial charge in [-0.25, -0.2) is 9.13 Å². The van der Waals surface area contributed by atoms with E-state index in [1.165, 1.54) is 77.0 Å². The molecule has 0 aliphatic carbocycles. The summed E-state index contributed by atoms with van der Waals surface area (Å²) in [5.74, 6) is -2.34. The largest absolute Gasteiger partial charge is 0.472 e. The third-order valence-corrected chi connectivity index (χ3v) is 16.9. The summed E-state index contributed by atoms with van der Waals surface area (Å²) in [5.41, 5.74) is 0. The number of carbonyl (C=O) groups is 4. The van der Waals surface area contributed by atoms with Crippen LogP contribution in [0.4, 0.5) is 0 Å². The molecule has 542 valence electrons. The number of carbonyl (C=O) groups excluding carboxylic acids is 4. The van der Waals surface area contributed by atoms with Gasteiger partial charge in [0.25, 0.3) is 0 Å². The maximum absolute atomic E-state index is 13.0. The predicted molar refractivity (Wildman–Crippen MR) is 381 cm³/mol. The van der Waals surface area contributed by atoms with Crippen LogP contribution in [0.15, 0.2) is 97.2 Å². The van der Waals surface area contributed by atoms with Gasteiger partial charge in [0.2, 0.25) is 0 Å². The smallest absolute Gasteiger partial charge is 0.462 e. The van der Waals surface area contributed by atoms with Crippen LogP contribution in [0, 0.1) is 0 Å². The Balaban J connectivity index is 5.40. The van der Waals surface area contributed by atoms with E-state index in [9.17, 15) is 43.2 Å². The average Bonchev–Trinajstić information content (AvgIpc) is 1.67.